The van der Waals surface area contributed by atoms with Gasteiger partial charge in [0.2, 0.25) is 11.9 Å². The molecule has 0 spiro atoms. The molecule has 19 heavy (non-hydrogen) atoms. The van der Waals surface area contributed by atoms with Crippen molar-refractivity contribution in [1.29, 1.82) is 0 Å². The lowest BCUT2D eigenvalue weighted by molar-refractivity contribution is 0.249. The van der Waals surface area contributed by atoms with E-state index in [2.05, 4.69) is 30.7 Å². The molecule has 2 rings (SSSR count). The largest absolute Gasteiger partial charge is 0.368 e. The number of carbonyl (C=O) groups excluding carboxylic acids is 1. The van der Waals surface area contributed by atoms with Crippen molar-refractivity contribution in [3.05, 3.63) is 18.5 Å². The Morgan fingerprint density at radius 1 is 1.32 bits per heavy atom. The Morgan fingerprint density at radius 2 is 2.16 bits per heavy atom. The number of hydrogen-bond acceptors (Lipinski definition) is 7. The highest BCUT2D eigenvalue weighted by atomic mass is 16.2. The number of nitrogens with two attached hydrogens (primary N) is 2. The number of aromatic nitrogens is 5. The number of rotatable bonds is 5. The highest BCUT2D eigenvalue weighted by molar-refractivity contribution is 5.71. The highest BCUT2D eigenvalue weighted by Gasteiger charge is 2.06. The van der Waals surface area contributed by atoms with Crippen LogP contribution in [0.1, 0.15) is 0 Å². The van der Waals surface area contributed by atoms with E-state index in [0.29, 0.717) is 25.0 Å². The molecule has 2 aromatic rings. The van der Waals surface area contributed by atoms with Crippen LogP contribution in [0.2, 0.25) is 0 Å². The smallest absolute Gasteiger partial charge is 0.312 e. The van der Waals surface area contributed by atoms with Gasteiger partial charge in [-0.25, -0.2) is 9.48 Å². The molecule has 2 heterocycles. The minimum atomic E-state index is -0.589. The van der Waals surface area contributed by atoms with Crippen LogP contribution in [-0.2, 0) is 0 Å². The van der Waals surface area contributed by atoms with Crippen LogP contribution >= 0.6 is 0 Å². The molecule has 0 aliphatic heterocycles. The first-order valence-corrected chi connectivity index (χ1v) is 5.44. The zero-order valence-electron chi connectivity index (χ0n) is 9.95. The second-order valence-corrected chi connectivity index (χ2v) is 3.49. The monoisotopic (exact) mass is 263 g/mol. The third-order valence-electron chi connectivity index (χ3n) is 2.06. The fourth-order valence-corrected chi connectivity index (χ4v) is 1.31. The molecule has 10 heteroatoms. The minimum absolute atomic E-state index is 0.0749. The summed E-state index contributed by atoms with van der Waals surface area (Å²) in [4.78, 5) is 22.5. The van der Waals surface area contributed by atoms with Crippen molar-refractivity contribution in [2.24, 2.45) is 5.73 Å². The van der Waals surface area contributed by atoms with E-state index in [1.165, 1.54) is 4.68 Å². The molecule has 0 atom stereocenters. The molecule has 0 aromatic carbocycles. The number of nitrogen functional groups attached to an aromatic ring is 1. The third kappa shape index (κ3) is 3.52. The average molecular weight is 263 g/mol. The van der Waals surface area contributed by atoms with Gasteiger partial charge in [0.25, 0.3) is 5.95 Å². The van der Waals surface area contributed by atoms with Crippen LogP contribution in [0.4, 0.5) is 16.7 Å². The van der Waals surface area contributed by atoms with E-state index in [4.69, 9.17) is 11.5 Å². The molecule has 2 amide bonds. The van der Waals surface area contributed by atoms with E-state index in [-0.39, 0.29) is 5.95 Å². The van der Waals surface area contributed by atoms with E-state index >= 15 is 0 Å². The van der Waals surface area contributed by atoms with Gasteiger partial charge in [0.1, 0.15) is 0 Å². The van der Waals surface area contributed by atoms with Gasteiger partial charge in [-0.2, -0.15) is 20.1 Å². The van der Waals surface area contributed by atoms with Gasteiger partial charge in [0.15, 0.2) is 0 Å². The summed E-state index contributed by atoms with van der Waals surface area (Å²) in [5, 5.41) is 9.31. The molecular formula is C9H13N9O. The van der Waals surface area contributed by atoms with Crippen LogP contribution < -0.4 is 22.1 Å². The van der Waals surface area contributed by atoms with Gasteiger partial charge in [-0.05, 0) is 6.07 Å². The maximum Gasteiger partial charge on any atom is 0.312 e. The summed E-state index contributed by atoms with van der Waals surface area (Å²) in [7, 11) is 0. The molecule has 100 valence electrons. The Balaban J connectivity index is 2.03. The summed E-state index contributed by atoms with van der Waals surface area (Å²) in [6.45, 7) is 0.753. The Morgan fingerprint density at radius 3 is 2.84 bits per heavy atom. The first-order chi connectivity index (χ1) is 9.15. The average Bonchev–Trinajstić information content (AvgIpc) is 2.87. The third-order valence-corrected chi connectivity index (χ3v) is 2.06. The lowest BCUT2D eigenvalue weighted by atomic mass is 10.6. The van der Waals surface area contributed by atoms with Crippen LogP contribution in [0.3, 0.4) is 0 Å². The van der Waals surface area contributed by atoms with Crippen LogP contribution in [0.5, 0.6) is 0 Å². The van der Waals surface area contributed by atoms with Crippen molar-refractivity contribution < 1.29 is 4.79 Å². The predicted octanol–water partition coefficient (Wildman–Crippen LogP) is -1.28. The fraction of sp³-hybridized carbons (Fsp3) is 0.222. The van der Waals surface area contributed by atoms with E-state index in [9.17, 15) is 4.79 Å². The minimum Gasteiger partial charge on any atom is -0.368 e. The van der Waals surface area contributed by atoms with Crippen LogP contribution in [0, 0.1) is 0 Å². The van der Waals surface area contributed by atoms with Gasteiger partial charge in [-0.1, -0.05) is 0 Å². The van der Waals surface area contributed by atoms with Gasteiger partial charge >= 0.3 is 6.03 Å². The molecule has 0 unspecified atom stereocenters. The summed E-state index contributed by atoms with van der Waals surface area (Å²) in [5.41, 5.74) is 10.5. The summed E-state index contributed by atoms with van der Waals surface area (Å²) in [6.07, 6.45) is 3.29. The Kier molecular flexibility index (Phi) is 3.71. The molecule has 0 radical (unpaired) electrons. The topological polar surface area (TPSA) is 150 Å². The van der Waals surface area contributed by atoms with Gasteiger partial charge < -0.3 is 22.1 Å². The van der Waals surface area contributed by atoms with Crippen LogP contribution in [0.25, 0.3) is 5.95 Å². The molecule has 2 aromatic heterocycles. The number of amides is 2. The normalized spacial score (nSPS) is 10.1. The van der Waals surface area contributed by atoms with Crippen molar-refractivity contribution in [2.75, 3.05) is 24.1 Å². The van der Waals surface area contributed by atoms with Gasteiger partial charge in [0, 0.05) is 25.5 Å². The maximum absolute atomic E-state index is 10.5. The zero-order chi connectivity index (χ0) is 13.7. The molecule has 0 saturated carbocycles. The molecule has 0 bridgehead atoms. The maximum atomic E-state index is 10.5. The van der Waals surface area contributed by atoms with Crippen molar-refractivity contribution in [1.82, 2.24) is 30.0 Å². The number of urea groups is 1. The summed E-state index contributed by atoms with van der Waals surface area (Å²) >= 11 is 0. The summed E-state index contributed by atoms with van der Waals surface area (Å²) in [5.74, 6) is 0.679. The Bertz CT molecular complexity index is 553. The van der Waals surface area contributed by atoms with Gasteiger partial charge in [-0.15, -0.1) is 0 Å². The number of nitrogens with zero attached hydrogens (tertiary/aromatic N) is 5. The molecular weight excluding hydrogens is 250 g/mol. The molecule has 10 nitrogen and oxygen atoms in total. The number of nitrogens with one attached hydrogen (secondary N) is 2. The summed E-state index contributed by atoms with van der Waals surface area (Å²) < 4.78 is 1.46. The molecule has 0 fully saturated rings. The lowest BCUT2D eigenvalue weighted by Crippen LogP contribution is -2.33. The Hall–Kier alpha value is -2.91. The SMILES string of the molecule is NC(=O)NCCNc1nc(N)nc(-n2cccn2)n1. The molecule has 6 N–H and O–H groups in total. The van der Waals surface area contributed by atoms with Crippen molar-refractivity contribution in [2.45, 2.75) is 0 Å². The van der Waals surface area contributed by atoms with Crippen LogP contribution in [-0.4, -0.2) is 43.9 Å². The standard InChI is InChI=1S/C9H13N9O/c10-6-15-8(13-4-3-12-7(11)19)17-9(16-6)18-5-1-2-14-18/h1-2,5H,3-4H2,(H3,11,12,19)(H3,10,13,15,16,17). The van der Waals surface area contributed by atoms with E-state index in [0.717, 1.165) is 0 Å². The number of anilines is 2. The summed E-state index contributed by atoms with van der Waals surface area (Å²) in [6, 6.07) is 1.15. The zero-order valence-corrected chi connectivity index (χ0v) is 9.95. The van der Waals surface area contributed by atoms with Gasteiger partial charge in [-0.3, -0.25) is 0 Å². The first kappa shape index (κ1) is 12.5. The van der Waals surface area contributed by atoms with E-state index in [1.807, 2.05) is 0 Å². The Labute approximate surface area is 108 Å². The molecule has 0 saturated heterocycles. The quantitative estimate of drug-likeness (QED) is 0.490. The lowest BCUT2D eigenvalue weighted by Gasteiger charge is -2.07. The number of carbonyl (C=O) groups is 1. The van der Waals surface area contributed by atoms with Crippen molar-refractivity contribution >= 4 is 17.9 Å². The second-order valence-electron chi connectivity index (χ2n) is 3.49. The molecule has 0 aliphatic rings. The first-order valence-electron chi connectivity index (χ1n) is 5.44. The van der Waals surface area contributed by atoms with E-state index < -0.39 is 6.03 Å². The van der Waals surface area contributed by atoms with Crippen LogP contribution in [0.15, 0.2) is 18.5 Å². The van der Waals surface area contributed by atoms with Gasteiger partial charge in [0.05, 0.1) is 0 Å². The highest BCUT2D eigenvalue weighted by Crippen LogP contribution is 2.05. The fourth-order valence-electron chi connectivity index (χ4n) is 1.31. The van der Waals surface area contributed by atoms with Crippen molar-refractivity contribution in [3.63, 3.8) is 0 Å². The molecule has 0 aliphatic carbocycles. The van der Waals surface area contributed by atoms with Crippen molar-refractivity contribution in [3.8, 4) is 5.95 Å². The second kappa shape index (κ2) is 5.62. The number of hydrogen-bond donors (Lipinski definition) is 4. The predicted molar refractivity (Wildman–Crippen MR) is 67.4 cm³/mol. The number of primary amides is 1. The van der Waals surface area contributed by atoms with E-state index in [1.54, 1.807) is 18.5 Å².